The molecule has 2 amide bonds. The molecule has 0 unspecified atom stereocenters. The Morgan fingerprint density at radius 3 is 2.50 bits per heavy atom. The van der Waals surface area contributed by atoms with Gasteiger partial charge in [0.2, 0.25) is 5.91 Å². The van der Waals surface area contributed by atoms with E-state index in [4.69, 9.17) is 4.74 Å². The molecule has 1 aliphatic heterocycles. The SMILES string of the molecule is CC(C)C[C@@H](/C=C/CC(=O)N1CCC[C@@H]1C)NC(=O)OC(C)(C)C. The molecule has 0 aliphatic carbocycles. The first-order chi connectivity index (χ1) is 11.1. The van der Waals surface area contributed by atoms with Gasteiger partial charge in [-0.1, -0.05) is 26.0 Å². The highest BCUT2D eigenvalue weighted by atomic mass is 16.6. The third kappa shape index (κ3) is 7.84. The maximum Gasteiger partial charge on any atom is 0.408 e. The van der Waals surface area contributed by atoms with Crippen LogP contribution in [0.2, 0.25) is 0 Å². The first-order valence-corrected chi connectivity index (χ1v) is 9.04. The molecule has 1 N–H and O–H groups in total. The standard InChI is InChI=1S/C19H34N2O3/c1-14(2)13-16(20-18(23)24-19(4,5)6)10-7-11-17(22)21-12-8-9-15(21)3/h7,10,14-16H,8-9,11-13H2,1-6H3,(H,20,23)/b10-7+/t15-,16+/m0/s1. The van der Waals surface area contributed by atoms with Crippen LogP contribution in [-0.4, -0.2) is 41.1 Å². The molecule has 2 atom stereocenters. The number of nitrogens with zero attached hydrogens (tertiary/aromatic N) is 1. The van der Waals surface area contributed by atoms with Gasteiger partial charge in [0.15, 0.2) is 0 Å². The van der Waals surface area contributed by atoms with Crippen molar-refractivity contribution < 1.29 is 14.3 Å². The highest BCUT2D eigenvalue weighted by molar-refractivity contribution is 5.78. The highest BCUT2D eigenvalue weighted by Crippen LogP contribution is 2.17. The Bertz CT molecular complexity index is 452. The van der Waals surface area contributed by atoms with Crippen LogP contribution in [0.1, 0.15) is 67.2 Å². The molecule has 138 valence electrons. The van der Waals surface area contributed by atoms with Crippen LogP contribution in [0.4, 0.5) is 4.79 Å². The second-order valence-corrected chi connectivity index (χ2v) is 8.09. The number of ether oxygens (including phenoxy) is 1. The fourth-order valence-corrected chi connectivity index (χ4v) is 2.91. The number of hydrogen-bond acceptors (Lipinski definition) is 3. The Morgan fingerprint density at radius 1 is 1.33 bits per heavy atom. The summed E-state index contributed by atoms with van der Waals surface area (Å²) >= 11 is 0. The Balaban J connectivity index is 2.55. The lowest BCUT2D eigenvalue weighted by atomic mass is 10.0. The van der Waals surface area contributed by atoms with Crippen molar-refractivity contribution in [1.82, 2.24) is 10.2 Å². The molecular weight excluding hydrogens is 304 g/mol. The van der Waals surface area contributed by atoms with E-state index in [1.165, 1.54) is 0 Å². The van der Waals surface area contributed by atoms with E-state index in [9.17, 15) is 9.59 Å². The van der Waals surface area contributed by atoms with E-state index in [2.05, 4.69) is 26.1 Å². The third-order valence-corrected chi connectivity index (χ3v) is 3.96. The molecule has 0 radical (unpaired) electrons. The quantitative estimate of drug-likeness (QED) is 0.748. The largest absolute Gasteiger partial charge is 0.444 e. The van der Waals surface area contributed by atoms with Crippen LogP contribution in [-0.2, 0) is 9.53 Å². The summed E-state index contributed by atoms with van der Waals surface area (Å²) in [5.41, 5.74) is -0.516. The number of hydrogen-bond donors (Lipinski definition) is 1. The van der Waals surface area contributed by atoms with Crippen molar-refractivity contribution >= 4 is 12.0 Å². The first kappa shape index (κ1) is 20.5. The monoisotopic (exact) mass is 338 g/mol. The number of alkyl carbamates (subject to hydrolysis) is 1. The first-order valence-electron chi connectivity index (χ1n) is 9.04. The molecule has 0 aromatic carbocycles. The van der Waals surface area contributed by atoms with Gasteiger partial charge < -0.3 is 15.0 Å². The van der Waals surface area contributed by atoms with Gasteiger partial charge in [-0.05, 0) is 52.9 Å². The zero-order chi connectivity index (χ0) is 18.3. The summed E-state index contributed by atoms with van der Waals surface area (Å²) in [4.78, 5) is 26.1. The molecule has 1 rings (SSSR count). The molecule has 0 bridgehead atoms. The predicted octanol–water partition coefficient (Wildman–Crippen LogP) is 3.88. The van der Waals surface area contributed by atoms with Crippen molar-refractivity contribution in [3.8, 4) is 0 Å². The van der Waals surface area contributed by atoms with E-state index < -0.39 is 11.7 Å². The number of nitrogens with one attached hydrogen (secondary N) is 1. The van der Waals surface area contributed by atoms with Crippen LogP contribution in [0.3, 0.4) is 0 Å². The average molecular weight is 338 g/mol. The van der Waals surface area contributed by atoms with Crippen LogP contribution in [0.15, 0.2) is 12.2 Å². The maximum absolute atomic E-state index is 12.2. The summed E-state index contributed by atoms with van der Waals surface area (Å²) in [6, 6.07) is 0.223. The van der Waals surface area contributed by atoms with Gasteiger partial charge in [0.05, 0.1) is 6.04 Å². The van der Waals surface area contributed by atoms with E-state index in [1.54, 1.807) is 0 Å². The number of likely N-dealkylation sites (tertiary alicyclic amines) is 1. The molecule has 0 spiro atoms. The second-order valence-electron chi connectivity index (χ2n) is 8.09. The molecule has 1 heterocycles. The minimum Gasteiger partial charge on any atom is -0.444 e. The molecular formula is C19H34N2O3. The molecule has 1 saturated heterocycles. The highest BCUT2D eigenvalue weighted by Gasteiger charge is 2.24. The molecule has 5 heteroatoms. The van der Waals surface area contributed by atoms with Crippen LogP contribution < -0.4 is 5.32 Å². The van der Waals surface area contributed by atoms with E-state index in [0.29, 0.717) is 18.4 Å². The molecule has 1 fully saturated rings. The van der Waals surface area contributed by atoms with E-state index >= 15 is 0 Å². The third-order valence-electron chi connectivity index (χ3n) is 3.96. The minimum absolute atomic E-state index is 0.122. The van der Waals surface area contributed by atoms with Crippen molar-refractivity contribution in [3.05, 3.63) is 12.2 Å². The zero-order valence-corrected chi connectivity index (χ0v) is 16.1. The fraction of sp³-hybridized carbons (Fsp3) is 0.789. The topological polar surface area (TPSA) is 58.6 Å². The van der Waals surface area contributed by atoms with Gasteiger partial charge in [0.25, 0.3) is 0 Å². The molecule has 24 heavy (non-hydrogen) atoms. The predicted molar refractivity (Wildman–Crippen MR) is 96.8 cm³/mol. The van der Waals surface area contributed by atoms with Crippen molar-refractivity contribution in [2.24, 2.45) is 5.92 Å². The summed E-state index contributed by atoms with van der Waals surface area (Å²) in [6.45, 7) is 12.7. The number of rotatable bonds is 6. The molecule has 0 saturated carbocycles. The van der Waals surface area contributed by atoms with Gasteiger partial charge >= 0.3 is 6.09 Å². The Kier molecular flexibility index (Phi) is 7.77. The van der Waals surface area contributed by atoms with Crippen LogP contribution in [0.25, 0.3) is 0 Å². The lowest BCUT2D eigenvalue weighted by Gasteiger charge is -2.23. The molecule has 0 aromatic rings. The van der Waals surface area contributed by atoms with Crippen molar-refractivity contribution in [2.75, 3.05) is 6.54 Å². The Morgan fingerprint density at radius 2 is 2.00 bits per heavy atom. The summed E-state index contributed by atoms with van der Waals surface area (Å²) in [5.74, 6) is 0.598. The van der Waals surface area contributed by atoms with Gasteiger partial charge in [-0.15, -0.1) is 0 Å². The van der Waals surface area contributed by atoms with E-state index in [-0.39, 0.29) is 11.9 Å². The number of amides is 2. The van der Waals surface area contributed by atoms with E-state index in [0.717, 1.165) is 25.8 Å². The van der Waals surface area contributed by atoms with E-state index in [1.807, 2.05) is 37.8 Å². The van der Waals surface area contributed by atoms with Crippen LogP contribution in [0.5, 0.6) is 0 Å². The van der Waals surface area contributed by atoms with Gasteiger partial charge in [-0.25, -0.2) is 4.79 Å². The average Bonchev–Trinajstić information content (AvgIpc) is 2.81. The van der Waals surface area contributed by atoms with Crippen LogP contribution in [0, 0.1) is 5.92 Å². The Hall–Kier alpha value is -1.52. The molecule has 0 aromatic heterocycles. The van der Waals surface area contributed by atoms with Gasteiger partial charge in [-0.2, -0.15) is 0 Å². The van der Waals surface area contributed by atoms with Crippen molar-refractivity contribution in [3.63, 3.8) is 0 Å². The zero-order valence-electron chi connectivity index (χ0n) is 16.1. The van der Waals surface area contributed by atoms with Crippen molar-refractivity contribution in [1.29, 1.82) is 0 Å². The maximum atomic E-state index is 12.2. The number of carbonyl (C=O) groups is 2. The van der Waals surface area contributed by atoms with Crippen molar-refractivity contribution in [2.45, 2.75) is 84.9 Å². The van der Waals surface area contributed by atoms with Crippen LogP contribution >= 0.6 is 0 Å². The fourth-order valence-electron chi connectivity index (χ4n) is 2.91. The Labute approximate surface area is 146 Å². The second kappa shape index (κ2) is 9.09. The summed E-state index contributed by atoms with van der Waals surface area (Å²) in [7, 11) is 0. The summed E-state index contributed by atoms with van der Waals surface area (Å²) in [6.07, 6.45) is 6.75. The minimum atomic E-state index is -0.516. The number of carbonyl (C=O) groups excluding carboxylic acids is 2. The summed E-state index contributed by atoms with van der Waals surface area (Å²) in [5, 5.41) is 2.88. The van der Waals surface area contributed by atoms with Gasteiger partial charge in [0, 0.05) is 19.0 Å². The van der Waals surface area contributed by atoms with Gasteiger partial charge in [-0.3, -0.25) is 4.79 Å². The lowest BCUT2D eigenvalue weighted by Crippen LogP contribution is -2.39. The lowest BCUT2D eigenvalue weighted by molar-refractivity contribution is -0.130. The molecule has 1 aliphatic rings. The smallest absolute Gasteiger partial charge is 0.408 e. The molecule has 5 nitrogen and oxygen atoms in total. The normalized spacial score (nSPS) is 19.8. The van der Waals surface area contributed by atoms with Gasteiger partial charge in [0.1, 0.15) is 5.60 Å². The summed E-state index contributed by atoms with van der Waals surface area (Å²) < 4.78 is 5.31.